The number of nitrogens with two attached hydrogens (primary N) is 1. The molecular weight excluding hydrogens is 240 g/mol. The second kappa shape index (κ2) is 6.03. The smallest absolute Gasteiger partial charge is 0.239 e. The number of nitrogens with zero attached hydrogens (tertiary/aromatic N) is 1. The van der Waals surface area contributed by atoms with Crippen molar-refractivity contribution in [3.63, 3.8) is 0 Å². The molecule has 0 bridgehead atoms. The molecule has 0 aromatic heterocycles. The van der Waals surface area contributed by atoms with Crippen molar-refractivity contribution >= 4 is 18.3 Å². The van der Waals surface area contributed by atoms with E-state index in [4.69, 9.17) is 10.5 Å². The van der Waals surface area contributed by atoms with Crippen LogP contribution < -0.4 is 5.73 Å². The van der Waals surface area contributed by atoms with Crippen LogP contribution in [0.2, 0.25) is 0 Å². The second-order valence-corrected chi connectivity index (χ2v) is 5.25. The Labute approximate surface area is 110 Å². The van der Waals surface area contributed by atoms with Crippen LogP contribution in [-0.4, -0.2) is 42.6 Å². The van der Waals surface area contributed by atoms with Gasteiger partial charge in [-0.05, 0) is 20.3 Å². The minimum Gasteiger partial charge on any atom is -0.378 e. The van der Waals surface area contributed by atoms with Crippen LogP contribution in [0.25, 0.3) is 0 Å². The highest BCUT2D eigenvalue weighted by Crippen LogP contribution is 2.45. The molecule has 102 valence electrons. The fraction of sp³-hybridized carbons (Fsp3) is 0.917. The number of hydrogen-bond donors (Lipinski definition) is 1. The van der Waals surface area contributed by atoms with E-state index in [0.717, 1.165) is 13.0 Å². The van der Waals surface area contributed by atoms with Crippen LogP contribution in [0.15, 0.2) is 0 Å². The molecule has 0 saturated heterocycles. The summed E-state index contributed by atoms with van der Waals surface area (Å²) in [6.07, 6.45) is 1.17. The molecule has 1 amide bonds. The van der Waals surface area contributed by atoms with E-state index >= 15 is 0 Å². The lowest BCUT2D eigenvalue weighted by atomic mass is 9.63. The van der Waals surface area contributed by atoms with Crippen molar-refractivity contribution in [3.05, 3.63) is 0 Å². The zero-order valence-corrected chi connectivity index (χ0v) is 12.2. The maximum atomic E-state index is 11.8. The predicted molar refractivity (Wildman–Crippen MR) is 71.3 cm³/mol. The number of carbonyl (C=O) groups is 1. The zero-order chi connectivity index (χ0) is 12.5. The molecule has 0 spiro atoms. The molecule has 17 heavy (non-hydrogen) atoms. The average molecular weight is 265 g/mol. The number of amides is 1. The number of carbonyl (C=O) groups excluding carboxylic acids is 1. The van der Waals surface area contributed by atoms with E-state index < -0.39 is 6.04 Å². The number of ether oxygens (including phenoxy) is 1. The van der Waals surface area contributed by atoms with Crippen molar-refractivity contribution < 1.29 is 9.53 Å². The Morgan fingerprint density at radius 3 is 2.47 bits per heavy atom. The molecule has 2 N–H and O–H groups in total. The van der Waals surface area contributed by atoms with E-state index in [0.29, 0.717) is 0 Å². The van der Waals surface area contributed by atoms with Crippen LogP contribution in [0.1, 0.15) is 34.1 Å². The quantitative estimate of drug-likeness (QED) is 0.836. The van der Waals surface area contributed by atoms with Crippen LogP contribution in [0.4, 0.5) is 0 Å². The van der Waals surface area contributed by atoms with Gasteiger partial charge in [0.2, 0.25) is 5.91 Å². The standard InChI is InChI=1S/C12H24N2O2.ClH/c1-6-16-10-7-9(12(10,3)4)14(5)11(15)8(2)13;/h8-10H,6-7,13H2,1-5H3;1H/t8-,9?,10?;/m1./s1. The summed E-state index contributed by atoms with van der Waals surface area (Å²) in [5.41, 5.74) is 5.64. The Kier molecular flexibility index (Phi) is 5.91. The van der Waals surface area contributed by atoms with E-state index in [2.05, 4.69) is 13.8 Å². The van der Waals surface area contributed by atoms with Crippen molar-refractivity contribution in [1.82, 2.24) is 4.90 Å². The maximum absolute atomic E-state index is 11.8. The van der Waals surface area contributed by atoms with Crippen LogP contribution in [-0.2, 0) is 9.53 Å². The second-order valence-electron chi connectivity index (χ2n) is 5.25. The number of halogens is 1. The highest BCUT2D eigenvalue weighted by molar-refractivity contribution is 5.85. The Hall–Kier alpha value is -0.320. The first-order valence-corrected chi connectivity index (χ1v) is 5.96. The molecule has 2 unspecified atom stereocenters. The Balaban J connectivity index is 0.00000256. The third kappa shape index (κ3) is 3.12. The van der Waals surface area contributed by atoms with E-state index in [1.807, 2.05) is 14.0 Å². The molecule has 1 rings (SSSR count). The van der Waals surface area contributed by atoms with Gasteiger partial charge in [-0.3, -0.25) is 4.79 Å². The SMILES string of the molecule is CCOC1CC(N(C)C(=O)[C@@H](C)N)C1(C)C.Cl. The summed E-state index contributed by atoms with van der Waals surface area (Å²) in [5, 5.41) is 0. The van der Waals surface area contributed by atoms with Crippen LogP contribution in [0.5, 0.6) is 0 Å². The van der Waals surface area contributed by atoms with Gasteiger partial charge in [0.1, 0.15) is 0 Å². The molecule has 0 aromatic rings. The third-order valence-corrected chi connectivity index (χ3v) is 3.70. The Morgan fingerprint density at radius 1 is 1.59 bits per heavy atom. The average Bonchev–Trinajstić information content (AvgIpc) is 2.21. The fourth-order valence-electron chi connectivity index (χ4n) is 2.48. The van der Waals surface area contributed by atoms with Gasteiger partial charge in [-0.15, -0.1) is 12.4 Å². The molecule has 1 aliphatic carbocycles. The van der Waals surface area contributed by atoms with Crippen molar-refractivity contribution in [2.45, 2.75) is 52.3 Å². The topological polar surface area (TPSA) is 55.6 Å². The van der Waals surface area contributed by atoms with Gasteiger partial charge in [0, 0.05) is 25.1 Å². The summed E-state index contributed by atoms with van der Waals surface area (Å²) < 4.78 is 5.64. The molecule has 0 radical (unpaired) electrons. The van der Waals surface area contributed by atoms with Crippen LogP contribution in [0, 0.1) is 5.41 Å². The van der Waals surface area contributed by atoms with Crippen molar-refractivity contribution in [3.8, 4) is 0 Å². The summed E-state index contributed by atoms with van der Waals surface area (Å²) in [6, 6.07) is -0.186. The molecule has 1 saturated carbocycles. The summed E-state index contributed by atoms with van der Waals surface area (Å²) >= 11 is 0. The first kappa shape index (κ1) is 16.7. The van der Waals surface area contributed by atoms with Gasteiger partial charge in [-0.2, -0.15) is 0 Å². The highest BCUT2D eigenvalue weighted by Gasteiger charge is 2.51. The minimum atomic E-state index is -0.424. The van der Waals surface area contributed by atoms with Gasteiger partial charge < -0.3 is 15.4 Å². The van der Waals surface area contributed by atoms with E-state index in [-0.39, 0.29) is 35.9 Å². The number of likely N-dealkylation sites (N-methyl/N-ethyl adjacent to an activating group) is 1. The normalized spacial score (nSPS) is 27.6. The third-order valence-electron chi connectivity index (χ3n) is 3.70. The first-order chi connectivity index (χ1) is 7.32. The summed E-state index contributed by atoms with van der Waals surface area (Å²) in [4.78, 5) is 13.6. The van der Waals surface area contributed by atoms with Crippen molar-refractivity contribution in [1.29, 1.82) is 0 Å². The van der Waals surface area contributed by atoms with Gasteiger partial charge in [-0.1, -0.05) is 13.8 Å². The Morgan fingerprint density at radius 2 is 2.12 bits per heavy atom. The molecule has 1 fully saturated rings. The van der Waals surface area contributed by atoms with E-state index in [9.17, 15) is 4.79 Å². The highest BCUT2D eigenvalue weighted by atomic mass is 35.5. The number of hydrogen-bond acceptors (Lipinski definition) is 3. The van der Waals surface area contributed by atoms with Crippen molar-refractivity contribution in [2.75, 3.05) is 13.7 Å². The maximum Gasteiger partial charge on any atom is 0.239 e. The van der Waals surface area contributed by atoms with Crippen LogP contribution in [0.3, 0.4) is 0 Å². The lowest BCUT2D eigenvalue weighted by molar-refractivity contribution is -0.164. The fourth-order valence-corrected chi connectivity index (χ4v) is 2.48. The molecule has 4 nitrogen and oxygen atoms in total. The monoisotopic (exact) mass is 264 g/mol. The molecular formula is C12H25ClN2O2. The molecule has 0 aliphatic heterocycles. The molecule has 0 aromatic carbocycles. The Bertz CT molecular complexity index is 269. The zero-order valence-electron chi connectivity index (χ0n) is 11.4. The van der Waals surface area contributed by atoms with Gasteiger partial charge in [0.15, 0.2) is 0 Å². The molecule has 3 atom stereocenters. The largest absolute Gasteiger partial charge is 0.378 e. The summed E-state index contributed by atoms with van der Waals surface area (Å²) in [5.74, 6) is 0.00743. The first-order valence-electron chi connectivity index (χ1n) is 5.96. The van der Waals surface area contributed by atoms with Gasteiger partial charge in [-0.25, -0.2) is 0 Å². The van der Waals surface area contributed by atoms with Gasteiger partial charge in [0.25, 0.3) is 0 Å². The molecule has 1 aliphatic rings. The predicted octanol–water partition coefficient (Wildman–Crippen LogP) is 1.42. The lowest BCUT2D eigenvalue weighted by Crippen LogP contribution is -2.63. The van der Waals surface area contributed by atoms with E-state index in [1.165, 1.54) is 0 Å². The summed E-state index contributed by atoms with van der Waals surface area (Å²) in [6.45, 7) is 8.75. The van der Waals surface area contributed by atoms with Gasteiger partial charge in [0.05, 0.1) is 12.1 Å². The minimum absolute atomic E-state index is 0. The van der Waals surface area contributed by atoms with Gasteiger partial charge >= 0.3 is 0 Å². The number of rotatable bonds is 4. The van der Waals surface area contributed by atoms with Crippen molar-refractivity contribution in [2.24, 2.45) is 11.1 Å². The lowest BCUT2D eigenvalue weighted by Gasteiger charge is -2.55. The van der Waals surface area contributed by atoms with Crippen LogP contribution >= 0.6 is 12.4 Å². The molecule has 5 heteroatoms. The van der Waals surface area contributed by atoms with E-state index in [1.54, 1.807) is 11.8 Å². The summed E-state index contributed by atoms with van der Waals surface area (Å²) in [7, 11) is 1.83. The molecule has 0 heterocycles.